The van der Waals surface area contributed by atoms with Crippen molar-refractivity contribution in [2.24, 2.45) is 0 Å². The smallest absolute Gasteiger partial charge is 0.350 e. The number of ether oxygens (including phenoxy) is 1. The van der Waals surface area contributed by atoms with Crippen LogP contribution in [0.5, 0.6) is 0 Å². The molecule has 0 saturated carbocycles. The van der Waals surface area contributed by atoms with Gasteiger partial charge in [0.25, 0.3) is 5.56 Å². The number of rotatable bonds is 7. The molecule has 1 N–H and O–H groups in total. The lowest BCUT2D eigenvalue weighted by atomic mass is 10.1. The van der Waals surface area contributed by atoms with E-state index in [1.165, 1.54) is 0 Å². The predicted molar refractivity (Wildman–Crippen MR) is 135 cm³/mol. The van der Waals surface area contributed by atoms with Crippen molar-refractivity contribution in [3.8, 4) is 5.69 Å². The summed E-state index contributed by atoms with van der Waals surface area (Å²) in [5.74, 6) is -0.778. The van der Waals surface area contributed by atoms with E-state index in [4.69, 9.17) is 4.74 Å². The van der Waals surface area contributed by atoms with Gasteiger partial charge in [0, 0.05) is 24.4 Å². The molecule has 0 radical (unpaired) electrons. The highest BCUT2D eigenvalue weighted by Gasteiger charge is 2.20. The molecule has 4 aromatic rings. The number of carbonyl (C=O) groups excluding carboxylic acids is 2. The summed E-state index contributed by atoms with van der Waals surface area (Å²) >= 11 is 1.07. The predicted octanol–water partition coefficient (Wildman–Crippen LogP) is 4.16. The normalized spacial score (nSPS) is 11.3. The maximum atomic E-state index is 13.0. The zero-order valence-electron chi connectivity index (χ0n) is 20.3. The number of thiazole rings is 1. The highest BCUT2D eigenvalue weighted by Crippen LogP contribution is 2.25. The molecular formula is C25H27N5O4S. The summed E-state index contributed by atoms with van der Waals surface area (Å²) in [5, 5.41) is 8.61. The van der Waals surface area contributed by atoms with Gasteiger partial charge >= 0.3 is 5.97 Å². The van der Waals surface area contributed by atoms with Gasteiger partial charge in [-0.2, -0.15) is 5.10 Å². The lowest BCUT2D eigenvalue weighted by molar-refractivity contribution is -0.116. The van der Waals surface area contributed by atoms with Crippen LogP contribution in [-0.4, -0.2) is 37.3 Å². The van der Waals surface area contributed by atoms with Crippen LogP contribution in [0.15, 0.2) is 41.2 Å². The Kier molecular flexibility index (Phi) is 6.83. The van der Waals surface area contributed by atoms with E-state index in [2.05, 4.69) is 15.4 Å². The van der Waals surface area contributed by atoms with Gasteiger partial charge in [-0.25, -0.2) is 14.5 Å². The van der Waals surface area contributed by atoms with Crippen molar-refractivity contribution in [1.29, 1.82) is 0 Å². The Morgan fingerprint density at radius 2 is 1.83 bits per heavy atom. The molecule has 9 nitrogen and oxygen atoms in total. The first-order valence-corrected chi connectivity index (χ1v) is 12.1. The number of fused-ring (bicyclic) bond motifs is 1. The molecule has 35 heavy (non-hydrogen) atoms. The first-order chi connectivity index (χ1) is 16.7. The summed E-state index contributed by atoms with van der Waals surface area (Å²) in [7, 11) is 0. The molecule has 0 saturated heterocycles. The average Bonchev–Trinajstić information content (AvgIpc) is 3.33. The summed E-state index contributed by atoms with van der Waals surface area (Å²) in [6.07, 6.45) is -0.207. The molecule has 182 valence electrons. The SMILES string of the molecule is Cc1nc(NC(=O)CCn2c(=O)cc(C)c3c(C)nn(-c4ccccc4)c32)sc1C(=O)OC(C)C. The molecule has 0 unspecified atom stereocenters. The van der Waals surface area contributed by atoms with Crippen molar-refractivity contribution in [1.82, 2.24) is 19.3 Å². The van der Waals surface area contributed by atoms with Crippen molar-refractivity contribution in [3.05, 3.63) is 68.6 Å². The van der Waals surface area contributed by atoms with Crippen LogP contribution >= 0.6 is 11.3 Å². The number of hydrogen-bond donors (Lipinski definition) is 1. The van der Waals surface area contributed by atoms with Crippen LogP contribution in [0.4, 0.5) is 5.13 Å². The summed E-state index contributed by atoms with van der Waals surface area (Å²) in [6, 6.07) is 11.1. The standard InChI is InChI=1S/C25H27N5O4S/c1-14(2)34-24(33)22-17(5)26-25(35-22)27-19(31)11-12-29-20(32)13-15(3)21-16(4)28-30(23(21)29)18-9-7-6-8-10-18/h6-10,13-14H,11-12H2,1-5H3,(H,26,27,31). The van der Waals surface area contributed by atoms with Gasteiger partial charge in [0.15, 0.2) is 5.13 Å². The maximum Gasteiger partial charge on any atom is 0.350 e. The largest absolute Gasteiger partial charge is 0.459 e. The van der Waals surface area contributed by atoms with Crippen LogP contribution in [0.2, 0.25) is 0 Å². The Morgan fingerprint density at radius 3 is 2.51 bits per heavy atom. The van der Waals surface area contributed by atoms with E-state index in [1.54, 1.807) is 36.1 Å². The summed E-state index contributed by atoms with van der Waals surface area (Å²) < 4.78 is 8.55. The topological polar surface area (TPSA) is 108 Å². The number of anilines is 1. The minimum Gasteiger partial charge on any atom is -0.459 e. The molecule has 0 aliphatic heterocycles. The average molecular weight is 494 g/mol. The lowest BCUT2D eigenvalue weighted by Gasteiger charge is -2.12. The minimum absolute atomic E-state index is 0.0431. The molecule has 0 bridgehead atoms. The zero-order chi connectivity index (χ0) is 25.3. The third kappa shape index (κ3) is 5.02. The number of aromatic nitrogens is 4. The fourth-order valence-electron chi connectivity index (χ4n) is 3.93. The van der Waals surface area contributed by atoms with Gasteiger partial charge in [-0.05, 0) is 52.3 Å². The minimum atomic E-state index is -0.464. The van der Waals surface area contributed by atoms with E-state index < -0.39 is 5.97 Å². The van der Waals surface area contributed by atoms with Crippen LogP contribution in [0, 0.1) is 20.8 Å². The molecule has 0 aliphatic rings. The molecule has 3 aromatic heterocycles. The van der Waals surface area contributed by atoms with Gasteiger partial charge in [0.1, 0.15) is 10.5 Å². The van der Waals surface area contributed by atoms with E-state index in [0.717, 1.165) is 33.7 Å². The zero-order valence-corrected chi connectivity index (χ0v) is 21.1. The molecule has 3 heterocycles. The summed E-state index contributed by atoms with van der Waals surface area (Å²) in [4.78, 5) is 42.5. The quantitative estimate of drug-likeness (QED) is 0.387. The van der Waals surface area contributed by atoms with Gasteiger partial charge in [-0.1, -0.05) is 29.5 Å². The molecule has 4 rings (SSSR count). The Bertz CT molecular complexity index is 1470. The number of para-hydroxylation sites is 1. The van der Waals surface area contributed by atoms with Crippen molar-refractivity contribution >= 4 is 39.4 Å². The van der Waals surface area contributed by atoms with E-state index in [1.807, 2.05) is 44.2 Å². The third-order valence-corrected chi connectivity index (χ3v) is 6.48. The van der Waals surface area contributed by atoms with Crippen molar-refractivity contribution < 1.29 is 14.3 Å². The van der Waals surface area contributed by atoms with E-state index in [9.17, 15) is 14.4 Å². The molecular weight excluding hydrogens is 466 g/mol. The number of benzene rings is 1. The Hall–Kier alpha value is -3.79. The molecule has 1 aromatic carbocycles. The number of nitrogens with zero attached hydrogens (tertiary/aromatic N) is 4. The van der Waals surface area contributed by atoms with Gasteiger partial charge in [0.05, 0.1) is 23.2 Å². The maximum absolute atomic E-state index is 13.0. The first-order valence-electron chi connectivity index (χ1n) is 11.3. The molecule has 0 aliphatic carbocycles. The second kappa shape index (κ2) is 9.83. The number of hydrogen-bond acceptors (Lipinski definition) is 7. The summed E-state index contributed by atoms with van der Waals surface area (Å²) in [5.41, 5.74) is 3.41. The molecule has 0 atom stereocenters. The number of carbonyl (C=O) groups is 2. The lowest BCUT2D eigenvalue weighted by Crippen LogP contribution is -2.25. The second-order valence-electron chi connectivity index (χ2n) is 8.53. The fraction of sp³-hybridized carbons (Fsp3) is 0.320. The Labute approximate surface area is 206 Å². The van der Waals surface area contributed by atoms with Gasteiger partial charge in [-0.3, -0.25) is 14.2 Å². The van der Waals surface area contributed by atoms with Crippen LogP contribution in [0.1, 0.15) is 46.9 Å². The van der Waals surface area contributed by atoms with Crippen LogP contribution in [-0.2, 0) is 16.1 Å². The van der Waals surface area contributed by atoms with Crippen molar-refractivity contribution in [2.75, 3.05) is 5.32 Å². The second-order valence-corrected chi connectivity index (χ2v) is 9.53. The van der Waals surface area contributed by atoms with Crippen molar-refractivity contribution in [2.45, 2.75) is 53.7 Å². The van der Waals surface area contributed by atoms with E-state index in [0.29, 0.717) is 21.3 Å². The van der Waals surface area contributed by atoms with Crippen molar-refractivity contribution in [3.63, 3.8) is 0 Å². The molecule has 0 spiro atoms. The molecule has 0 fully saturated rings. The molecule has 10 heteroatoms. The number of pyridine rings is 1. The molecule has 1 amide bonds. The van der Waals surface area contributed by atoms with Gasteiger partial charge in [-0.15, -0.1) is 0 Å². The number of esters is 1. The monoisotopic (exact) mass is 493 g/mol. The summed E-state index contributed by atoms with van der Waals surface area (Å²) in [6.45, 7) is 9.18. The Balaban J connectivity index is 1.59. The third-order valence-electron chi connectivity index (χ3n) is 5.43. The highest BCUT2D eigenvalue weighted by atomic mass is 32.1. The van der Waals surface area contributed by atoms with Crippen LogP contribution in [0.3, 0.4) is 0 Å². The highest BCUT2D eigenvalue weighted by molar-refractivity contribution is 7.17. The Morgan fingerprint density at radius 1 is 1.11 bits per heavy atom. The van der Waals surface area contributed by atoms with Gasteiger partial charge < -0.3 is 10.1 Å². The van der Waals surface area contributed by atoms with Gasteiger partial charge in [0.2, 0.25) is 5.91 Å². The fourth-order valence-corrected chi connectivity index (χ4v) is 4.80. The van der Waals surface area contributed by atoms with E-state index in [-0.39, 0.29) is 30.5 Å². The number of aryl methyl sites for hydroxylation is 4. The van der Waals surface area contributed by atoms with Crippen LogP contribution < -0.4 is 10.9 Å². The first kappa shape index (κ1) is 24.3. The number of nitrogens with one attached hydrogen (secondary N) is 1. The van der Waals surface area contributed by atoms with E-state index >= 15 is 0 Å². The number of amides is 1. The van der Waals surface area contributed by atoms with Crippen LogP contribution in [0.25, 0.3) is 16.7 Å².